The third-order valence-electron chi connectivity index (χ3n) is 1.49. The maximum atomic E-state index is 4.94. The lowest BCUT2D eigenvalue weighted by atomic mass is 10.1. The second-order valence-electron chi connectivity index (χ2n) is 2.48. The van der Waals surface area contributed by atoms with Crippen LogP contribution in [0.3, 0.4) is 0 Å². The lowest BCUT2D eigenvalue weighted by Gasteiger charge is -1.99. The molecular weight excluding hydrogens is 174 g/mol. The van der Waals surface area contributed by atoms with E-state index >= 15 is 0 Å². The molecule has 0 aromatic rings. The van der Waals surface area contributed by atoms with E-state index in [1.807, 2.05) is 20.8 Å². The molecule has 0 fully saturated rings. The first-order chi connectivity index (χ1) is 6.76. The maximum Gasteiger partial charge on any atom is 0.114 e. The Labute approximate surface area is 86.8 Å². The summed E-state index contributed by atoms with van der Waals surface area (Å²) in [6.45, 7) is 9.73. The van der Waals surface area contributed by atoms with Crippen LogP contribution < -0.4 is 0 Å². The Hall–Kier alpha value is -1.67. The molecule has 0 saturated heterocycles. The number of hydrogen-bond acceptors (Lipinski definition) is 2. The van der Waals surface area contributed by atoms with Gasteiger partial charge in [0.1, 0.15) is 6.61 Å². The highest BCUT2D eigenvalue weighted by Crippen LogP contribution is 2.01. The van der Waals surface area contributed by atoms with Crippen molar-refractivity contribution in [1.82, 2.24) is 0 Å². The summed E-state index contributed by atoms with van der Waals surface area (Å²) in [6, 6.07) is 0. The minimum atomic E-state index is 0. The minimum Gasteiger partial charge on any atom is -0.396 e. The lowest BCUT2D eigenvalue weighted by molar-refractivity contribution is 0.158. The molecule has 0 radical (unpaired) electrons. The monoisotopic (exact) mass is 191 g/mol. The van der Waals surface area contributed by atoms with Gasteiger partial charge in [-0.3, -0.25) is 0 Å². The molecule has 0 rings (SSSR count). The molecule has 0 aromatic carbocycles. The van der Waals surface area contributed by atoms with Crippen molar-refractivity contribution < 1.29 is 6.26 Å². The topological polar surface area (TPSA) is 21.6 Å². The molecule has 0 saturated carbocycles. The third kappa shape index (κ3) is 5.06. The van der Waals surface area contributed by atoms with Crippen LogP contribution in [0.4, 0.5) is 0 Å². The van der Waals surface area contributed by atoms with Gasteiger partial charge < -0.3 is 4.84 Å². The van der Waals surface area contributed by atoms with Crippen LogP contribution in [0, 0.1) is 0 Å². The molecule has 2 nitrogen and oxygen atoms in total. The Morgan fingerprint density at radius 1 is 1.43 bits per heavy atom. The van der Waals surface area contributed by atoms with Crippen molar-refractivity contribution in [2.75, 3.05) is 6.61 Å². The van der Waals surface area contributed by atoms with Gasteiger partial charge in [0.2, 0.25) is 0 Å². The van der Waals surface area contributed by atoms with Crippen LogP contribution in [0.5, 0.6) is 0 Å². The Bertz CT molecular complexity index is 359. The summed E-state index contributed by atoms with van der Waals surface area (Å²) in [5, 5.41) is 3.91. The first-order valence-electron chi connectivity index (χ1n) is 4.57. The predicted molar refractivity (Wildman–Crippen MR) is 60.3 cm³/mol. The van der Waals surface area contributed by atoms with Crippen molar-refractivity contribution in [2.45, 2.75) is 27.2 Å². The van der Waals surface area contributed by atoms with Crippen LogP contribution in [0.25, 0.3) is 0 Å². The maximum absolute atomic E-state index is 4.94. The number of allylic oxidation sites excluding steroid dienone is 1. The van der Waals surface area contributed by atoms with Crippen molar-refractivity contribution in [3.8, 4) is 0 Å². The number of nitrogens with zero attached hydrogens (tertiary/aromatic N) is 1. The molecule has 0 unspecified atom stereocenters. The summed E-state index contributed by atoms with van der Waals surface area (Å²) in [4.78, 5) is 4.94. The molecule has 0 aliphatic heterocycles. The van der Waals surface area contributed by atoms with E-state index in [-0.39, 0.29) is 1.43 Å². The predicted octanol–water partition coefficient (Wildman–Crippen LogP) is 3.23. The van der Waals surface area contributed by atoms with E-state index < -0.39 is 0 Å². The van der Waals surface area contributed by atoms with Crippen molar-refractivity contribution in [1.29, 1.82) is 0 Å². The summed E-state index contributed by atoms with van der Waals surface area (Å²) in [5.41, 5.74) is 12.4. The fourth-order valence-electron chi connectivity index (χ4n) is 0.802. The van der Waals surface area contributed by atoms with Gasteiger partial charge in [-0.1, -0.05) is 23.5 Å². The molecular formula is C12H17NO. The van der Waals surface area contributed by atoms with Crippen LogP contribution >= 0.6 is 0 Å². The van der Waals surface area contributed by atoms with Crippen LogP contribution in [-0.2, 0) is 4.84 Å². The second-order valence-corrected chi connectivity index (χ2v) is 2.48. The summed E-state index contributed by atoms with van der Waals surface area (Å²) in [7, 11) is 0. The normalized spacial score (nSPS) is 9.21. The van der Waals surface area contributed by atoms with Gasteiger partial charge in [0, 0.05) is 7.00 Å². The molecule has 0 atom stereocenters. The lowest BCUT2D eigenvalue weighted by Crippen LogP contribution is -1.96. The van der Waals surface area contributed by atoms with Gasteiger partial charge in [-0.2, -0.15) is 0 Å². The van der Waals surface area contributed by atoms with E-state index in [2.05, 4.69) is 34.7 Å². The van der Waals surface area contributed by atoms with Gasteiger partial charge in [0.15, 0.2) is 0 Å². The van der Waals surface area contributed by atoms with Gasteiger partial charge in [-0.25, -0.2) is 0 Å². The Morgan fingerprint density at radius 3 is 2.64 bits per heavy atom. The van der Waals surface area contributed by atoms with E-state index in [0.29, 0.717) is 6.61 Å². The van der Waals surface area contributed by atoms with Gasteiger partial charge in [0.05, 0.1) is 5.71 Å². The van der Waals surface area contributed by atoms with E-state index in [9.17, 15) is 0 Å². The molecule has 0 spiro atoms. The third-order valence-corrected chi connectivity index (χ3v) is 1.49. The molecule has 2 heteroatoms. The molecule has 0 aromatic heterocycles. The molecule has 14 heavy (non-hydrogen) atoms. The Kier molecular flexibility index (Phi) is 7.00. The second kappa shape index (κ2) is 7.95. The van der Waals surface area contributed by atoms with Crippen molar-refractivity contribution in [3.05, 3.63) is 35.1 Å². The first-order valence-corrected chi connectivity index (χ1v) is 4.57. The highest BCUT2D eigenvalue weighted by atomic mass is 16.6. The van der Waals surface area contributed by atoms with Crippen LogP contribution in [-0.4, -0.2) is 12.3 Å². The molecule has 0 amide bonds. The SMILES string of the molecule is C=C=C=C=C=C(CC)/C(C)=N\OCC.[HH]. The highest BCUT2D eigenvalue weighted by molar-refractivity contribution is 5.97. The van der Waals surface area contributed by atoms with Crippen molar-refractivity contribution in [2.24, 2.45) is 5.16 Å². The summed E-state index contributed by atoms with van der Waals surface area (Å²) in [5.74, 6) is 0. The standard InChI is InChI=1S/C12H15NO.H2/c1-5-8-9-10-12(6-2)11(4)13-14-7-3;/h1,6-7H2,2-4H3;1H/b13-11-;. The Morgan fingerprint density at radius 2 is 2.14 bits per heavy atom. The summed E-state index contributed by atoms with van der Waals surface area (Å²) in [6.07, 6.45) is 0.828. The molecule has 76 valence electrons. The minimum absolute atomic E-state index is 0. The smallest absolute Gasteiger partial charge is 0.114 e. The quantitative estimate of drug-likeness (QED) is 0.380. The van der Waals surface area contributed by atoms with E-state index in [1.54, 1.807) is 0 Å². The van der Waals surface area contributed by atoms with E-state index in [0.717, 1.165) is 17.7 Å². The number of hydrogen-bond donors (Lipinski definition) is 0. The molecule has 0 aliphatic rings. The first kappa shape index (κ1) is 12.3. The number of oxime groups is 1. The zero-order valence-corrected chi connectivity index (χ0v) is 8.98. The van der Waals surface area contributed by atoms with Gasteiger partial charge in [-0.15, -0.1) is 0 Å². The molecule has 0 aliphatic carbocycles. The zero-order chi connectivity index (χ0) is 10.8. The van der Waals surface area contributed by atoms with Crippen LogP contribution in [0.15, 0.2) is 40.2 Å². The average molecular weight is 191 g/mol. The zero-order valence-electron chi connectivity index (χ0n) is 8.98. The fraction of sp³-hybridized carbons (Fsp3) is 0.417. The summed E-state index contributed by atoms with van der Waals surface area (Å²) < 4.78 is 0. The van der Waals surface area contributed by atoms with Crippen LogP contribution in [0.1, 0.15) is 28.6 Å². The molecule has 0 heterocycles. The van der Waals surface area contributed by atoms with Crippen LogP contribution in [0.2, 0.25) is 0 Å². The highest BCUT2D eigenvalue weighted by Gasteiger charge is 1.97. The molecule has 0 bridgehead atoms. The van der Waals surface area contributed by atoms with Crippen molar-refractivity contribution >= 4 is 5.71 Å². The average Bonchev–Trinajstić information content (AvgIpc) is 2.21. The summed E-state index contributed by atoms with van der Waals surface area (Å²) >= 11 is 0. The van der Waals surface area contributed by atoms with E-state index in [4.69, 9.17) is 4.84 Å². The molecule has 0 N–H and O–H groups in total. The van der Waals surface area contributed by atoms with Gasteiger partial charge in [0.25, 0.3) is 0 Å². The Balaban J connectivity index is 0. The largest absolute Gasteiger partial charge is 0.396 e. The fourth-order valence-corrected chi connectivity index (χ4v) is 0.802. The van der Waals surface area contributed by atoms with Gasteiger partial charge in [-0.05, 0) is 38.3 Å². The van der Waals surface area contributed by atoms with E-state index in [1.165, 1.54) is 0 Å². The number of rotatable bonds is 4. The van der Waals surface area contributed by atoms with Gasteiger partial charge >= 0.3 is 0 Å². The van der Waals surface area contributed by atoms with Crippen molar-refractivity contribution in [3.63, 3.8) is 0 Å².